The normalized spacial score (nSPS) is 13.8. The fourth-order valence-electron chi connectivity index (χ4n) is 3.28. The molecule has 3 aromatic rings. The number of hydrogen-bond acceptors (Lipinski definition) is 6. The van der Waals surface area contributed by atoms with Crippen molar-refractivity contribution in [2.45, 2.75) is 0 Å². The Morgan fingerprint density at radius 2 is 1.87 bits per heavy atom. The van der Waals surface area contributed by atoms with E-state index in [1.54, 1.807) is 24.3 Å². The molecule has 1 N–H and O–H groups in total. The fraction of sp³-hybridized carbons (Fsp3) is 0.190. The van der Waals surface area contributed by atoms with E-state index in [1.807, 2.05) is 18.2 Å². The summed E-state index contributed by atoms with van der Waals surface area (Å²) in [5.74, 6) is -0.112. The minimum absolute atomic E-state index is 0.0662. The molecule has 8 nitrogen and oxygen atoms in total. The Labute approximate surface area is 180 Å². The summed E-state index contributed by atoms with van der Waals surface area (Å²) < 4.78 is 11.8. The van der Waals surface area contributed by atoms with Gasteiger partial charge in [0.25, 0.3) is 11.6 Å². The molecule has 0 saturated carbocycles. The van der Waals surface area contributed by atoms with Crippen LogP contribution in [0.2, 0.25) is 0 Å². The van der Waals surface area contributed by atoms with Crippen molar-refractivity contribution in [2.75, 3.05) is 36.5 Å². The lowest BCUT2D eigenvalue weighted by molar-refractivity contribution is -0.384. The molecular weight excluding hydrogens is 454 g/mol. The third-order valence-corrected chi connectivity index (χ3v) is 5.39. The highest BCUT2D eigenvalue weighted by Gasteiger charge is 2.20. The minimum atomic E-state index is -0.481. The first kappa shape index (κ1) is 20.1. The summed E-state index contributed by atoms with van der Waals surface area (Å²) in [6, 6.07) is 14.9. The molecular formula is C21H18BrN3O5. The van der Waals surface area contributed by atoms with Crippen LogP contribution in [-0.4, -0.2) is 37.1 Å². The Morgan fingerprint density at radius 3 is 2.60 bits per heavy atom. The lowest BCUT2D eigenvalue weighted by Crippen LogP contribution is -2.36. The summed E-state index contributed by atoms with van der Waals surface area (Å²) in [7, 11) is 0. The maximum atomic E-state index is 12.6. The molecule has 1 aliphatic rings. The van der Waals surface area contributed by atoms with E-state index in [0.29, 0.717) is 24.5 Å². The molecule has 1 saturated heterocycles. The highest BCUT2D eigenvalue weighted by atomic mass is 79.9. The van der Waals surface area contributed by atoms with Crippen molar-refractivity contribution in [3.8, 4) is 11.3 Å². The number of nitro groups is 1. The number of nitro benzene ring substituents is 1. The van der Waals surface area contributed by atoms with Crippen molar-refractivity contribution in [3.63, 3.8) is 0 Å². The van der Waals surface area contributed by atoms with Gasteiger partial charge in [0.2, 0.25) is 0 Å². The van der Waals surface area contributed by atoms with Gasteiger partial charge >= 0.3 is 0 Å². The van der Waals surface area contributed by atoms with Gasteiger partial charge in [0.1, 0.15) is 5.76 Å². The van der Waals surface area contributed by atoms with Crippen molar-refractivity contribution in [1.82, 2.24) is 0 Å². The number of para-hydroxylation sites is 1. The van der Waals surface area contributed by atoms with Gasteiger partial charge in [0.15, 0.2) is 5.76 Å². The number of nitrogens with one attached hydrogen (secondary N) is 1. The van der Waals surface area contributed by atoms with E-state index in [2.05, 4.69) is 26.1 Å². The lowest BCUT2D eigenvalue weighted by atomic mass is 10.1. The third kappa shape index (κ3) is 4.22. The van der Waals surface area contributed by atoms with E-state index >= 15 is 0 Å². The van der Waals surface area contributed by atoms with Crippen molar-refractivity contribution >= 4 is 38.9 Å². The van der Waals surface area contributed by atoms with Gasteiger partial charge in [0, 0.05) is 29.3 Å². The second-order valence-corrected chi connectivity index (χ2v) is 7.51. The number of morpholine rings is 1. The van der Waals surface area contributed by atoms with Crippen LogP contribution >= 0.6 is 15.9 Å². The van der Waals surface area contributed by atoms with E-state index < -0.39 is 10.8 Å². The van der Waals surface area contributed by atoms with Crippen LogP contribution in [0.3, 0.4) is 0 Å². The predicted molar refractivity (Wildman–Crippen MR) is 116 cm³/mol. The molecule has 1 fully saturated rings. The molecule has 1 aliphatic heterocycles. The van der Waals surface area contributed by atoms with Crippen molar-refractivity contribution in [2.24, 2.45) is 0 Å². The lowest BCUT2D eigenvalue weighted by Gasteiger charge is -2.29. The number of carbonyl (C=O) groups excluding carboxylic acids is 1. The van der Waals surface area contributed by atoms with Crippen LogP contribution in [0, 0.1) is 10.1 Å². The number of nitrogens with zero attached hydrogens (tertiary/aromatic N) is 2. The highest BCUT2D eigenvalue weighted by molar-refractivity contribution is 9.10. The molecule has 2 heterocycles. The maximum absolute atomic E-state index is 12.6. The predicted octanol–water partition coefficient (Wildman–Crippen LogP) is 4.71. The number of furan rings is 1. The summed E-state index contributed by atoms with van der Waals surface area (Å²) in [6.07, 6.45) is 0. The van der Waals surface area contributed by atoms with Gasteiger partial charge < -0.3 is 19.4 Å². The summed E-state index contributed by atoms with van der Waals surface area (Å²) in [5.41, 5.74) is 1.88. The SMILES string of the molecule is O=C(Nc1ccc(N2CCOCC2)c(Br)c1)c1ccc(-c2ccccc2[N+](=O)[O-])o1. The van der Waals surface area contributed by atoms with Gasteiger partial charge in [-0.25, -0.2) is 0 Å². The van der Waals surface area contributed by atoms with Gasteiger partial charge in [-0.05, 0) is 52.3 Å². The zero-order chi connectivity index (χ0) is 21.1. The molecule has 0 aliphatic carbocycles. The molecule has 0 atom stereocenters. The molecule has 0 spiro atoms. The number of carbonyl (C=O) groups is 1. The molecule has 0 radical (unpaired) electrons. The van der Waals surface area contributed by atoms with E-state index in [-0.39, 0.29) is 17.2 Å². The first-order valence-electron chi connectivity index (χ1n) is 9.30. The Balaban J connectivity index is 1.50. The zero-order valence-electron chi connectivity index (χ0n) is 15.8. The largest absolute Gasteiger partial charge is 0.451 e. The van der Waals surface area contributed by atoms with Crippen LogP contribution in [0.15, 0.2) is 63.5 Å². The smallest absolute Gasteiger partial charge is 0.291 e. The summed E-state index contributed by atoms with van der Waals surface area (Å²) in [5, 5.41) is 14.0. The maximum Gasteiger partial charge on any atom is 0.291 e. The molecule has 2 aromatic carbocycles. The van der Waals surface area contributed by atoms with Gasteiger partial charge in [-0.15, -0.1) is 0 Å². The van der Waals surface area contributed by atoms with Crippen LogP contribution < -0.4 is 10.2 Å². The molecule has 1 amide bonds. The van der Waals surface area contributed by atoms with Crippen LogP contribution in [0.5, 0.6) is 0 Å². The average molecular weight is 472 g/mol. The van der Waals surface area contributed by atoms with Gasteiger partial charge in [-0.2, -0.15) is 0 Å². The molecule has 0 unspecified atom stereocenters. The first-order valence-corrected chi connectivity index (χ1v) is 10.1. The molecule has 4 rings (SSSR count). The van der Waals surface area contributed by atoms with Crippen LogP contribution in [-0.2, 0) is 4.74 Å². The Hall–Kier alpha value is -3.17. The first-order chi connectivity index (χ1) is 14.5. The van der Waals surface area contributed by atoms with Crippen LogP contribution in [0.4, 0.5) is 17.1 Å². The zero-order valence-corrected chi connectivity index (χ0v) is 17.4. The number of hydrogen-bond donors (Lipinski definition) is 1. The third-order valence-electron chi connectivity index (χ3n) is 4.75. The van der Waals surface area contributed by atoms with Gasteiger partial charge in [-0.1, -0.05) is 12.1 Å². The monoisotopic (exact) mass is 471 g/mol. The van der Waals surface area contributed by atoms with E-state index in [4.69, 9.17) is 9.15 Å². The number of anilines is 2. The molecule has 1 aromatic heterocycles. The minimum Gasteiger partial charge on any atom is -0.451 e. The Morgan fingerprint density at radius 1 is 1.10 bits per heavy atom. The quantitative estimate of drug-likeness (QED) is 0.427. The second-order valence-electron chi connectivity index (χ2n) is 6.66. The van der Waals surface area contributed by atoms with E-state index in [9.17, 15) is 14.9 Å². The van der Waals surface area contributed by atoms with Gasteiger partial charge in [-0.3, -0.25) is 14.9 Å². The molecule has 30 heavy (non-hydrogen) atoms. The number of ether oxygens (including phenoxy) is 1. The summed E-state index contributed by atoms with van der Waals surface area (Å²) in [4.78, 5) is 25.5. The Bertz CT molecular complexity index is 1090. The highest BCUT2D eigenvalue weighted by Crippen LogP contribution is 2.32. The summed E-state index contributed by atoms with van der Waals surface area (Å²) in [6.45, 7) is 2.99. The van der Waals surface area contributed by atoms with Crippen LogP contribution in [0.25, 0.3) is 11.3 Å². The van der Waals surface area contributed by atoms with Crippen LogP contribution in [0.1, 0.15) is 10.6 Å². The standard InChI is InChI=1S/C21H18BrN3O5/c22-16-13-14(5-6-18(16)24-9-11-29-12-10-24)23-21(26)20-8-7-19(30-20)15-3-1-2-4-17(15)25(27)28/h1-8,13H,9-12H2,(H,23,26). The van der Waals surface area contributed by atoms with Crippen molar-refractivity contribution in [1.29, 1.82) is 0 Å². The molecule has 0 bridgehead atoms. The van der Waals surface area contributed by atoms with E-state index in [1.165, 1.54) is 12.1 Å². The average Bonchev–Trinajstić information content (AvgIpc) is 3.25. The molecule has 9 heteroatoms. The van der Waals surface area contributed by atoms with Crippen molar-refractivity contribution in [3.05, 3.63) is 74.9 Å². The second kappa shape index (κ2) is 8.68. The van der Waals surface area contributed by atoms with Crippen molar-refractivity contribution < 1.29 is 18.9 Å². The topological polar surface area (TPSA) is 97.9 Å². The summed E-state index contributed by atoms with van der Waals surface area (Å²) >= 11 is 3.56. The Kier molecular flexibility index (Phi) is 5.82. The fourth-order valence-corrected chi connectivity index (χ4v) is 3.91. The molecule has 154 valence electrons. The number of amides is 1. The van der Waals surface area contributed by atoms with E-state index in [0.717, 1.165) is 23.2 Å². The van der Waals surface area contributed by atoms with Gasteiger partial charge in [0.05, 0.1) is 29.4 Å². The number of benzene rings is 2. The number of rotatable bonds is 5. The number of halogens is 1.